The Hall–Kier alpha value is -0.380. The molecular weight excluding hydrogens is 290 g/mol. The first-order chi connectivity index (χ1) is 8.75. The molecule has 18 heavy (non-hydrogen) atoms. The monoisotopic (exact) mass is 309 g/mol. The van der Waals surface area contributed by atoms with Crippen LogP contribution in [0.1, 0.15) is 44.2 Å². The van der Waals surface area contributed by atoms with Gasteiger partial charge in [0.1, 0.15) is 0 Å². The van der Waals surface area contributed by atoms with Crippen molar-refractivity contribution in [3.63, 3.8) is 0 Å². The van der Waals surface area contributed by atoms with Crippen LogP contribution in [-0.2, 0) is 11.9 Å². The molecule has 1 aromatic rings. The summed E-state index contributed by atoms with van der Waals surface area (Å²) in [5.74, 6) is 3.07. The van der Waals surface area contributed by atoms with Gasteiger partial charge in [-0.2, -0.15) is 0 Å². The van der Waals surface area contributed by atoms with Gasteiger partial charge >= 0.3 is 0 Å². The molecule has 0 aromatic carbocycles. The number of nitrogens with zero attached hydrogens (tertiary/aromatic N) is 3. The molecule has 0 unspecified atom stereocenters. The molecular formula is C14H20BrN3. The maximum atomic E-state index is 4.30. The van der Waals surface area contributed by atoms with E-state index in [9.17, 15) is 0 Å². The van der Waals surface area contributed by atoms with E-state index >= 15 is 0 Å². The zero-order valence-electron chi connectivity index (χ0n) is 10.7. The standard InChI is InChI=1S/C14H20BrN3/c15-7-13-8-18(17-16-13)9-14-4-10-1-11(5-14)3-12(2-10)6-14/h8,10-12H,1-7,9H2. The number of rotatable bonds is 3. The summed E-state index contributed by atoms with van der Waals surface area (Å²) >= 11 is 3.45. The quantitative estimate of drug-likeness (QED) is 0.801. The van der Waals surface area contributed by atoms with E-state index in [2.05, 4.69) is 37.1 Å². The van der Waals surface area contributed by atoms with Gasteiger partial charge in [-0.05, 0) is 61.7 Å². The third kappa shape index (κ3) is 1.84. The van der Waals surface area contributed by atoms with Crippen LogP contribution in [0, 0.1) is 23.2 Å². The van der Waals surface area contributed by atoms with Gasteiger partial charge in [-0.1, -0.05) is 21.1 Å². The van der Waals surface area contributed by atoms with Gasteiger partial charge in [0, 0.05) is 18.1 Å². The molecule has 0 N–H and O–H groups in total. The van der Waals surface area contributed by atoms with Gasteiger partial charge in [-0.3, -0.25) is 4.68 Å². The summed E-state index contributed by atoms with van der Waals surface area (Å²) in [6, 6.07) is 0. The van der Waals surface area contributed by atoms with Crippen LogP contribution in [0.3, 0.4) is 0 Å². The average Bonchev–Trinajstić information content (AvgIpc) is 2.74. The van der Waals surface area contributed by atoms with Gasteiger partial charge in [-0.15, -0.1) is 5.10 Å². The second-order valence-corrected chi connectivity index (χ2v) is 7.52. The molecule has 0 spiro atoms. The number of hydrogen-bond donors (Lipinski definition) is 0. The van der Waals surface area contributed by atoms with Crippen molar-refractivity contribution in [3.8, 4) is 0 Å². The van der Waals surface area contributed by atoms with Crippen LogP contribution in [0.2, 0.25) is 0 Å². The molecule has 1 heterocycles. The lowest BCUT2D eigenvalue weighted by molar-refractivity contribution is -0.0637. The topological polar surface area (TPSA) is 30.7 Å². The fraction of sp³-hybridized carbons (Fsp3) is 0.857. The Labute approximate surface area is 116 Å². The molecule has 5 rings (SSSR count). The molecule has 1 aromatic heterocycles. The molecule has 4 heteroatoms. The largest absolute Gasteiger partial charge is 0.252 e. The minimum Gasteiger partial charge on any atom is -0.252 e. The Kier molecular flexibility index (Phi) is 2.58. The zero-order chi connectivity index (χ0) is 12.2. The van der Waals surface area contributed by atoms with Crippen LogP contribution in [0.25, 0.3) is 0 Å². The fourth-order valence-electron chi connectivity index (χ4n) is 5.30. The number of aromatic nitrogens is 3. The van der Waals surface area contributed by atoms with Crippen molar-refractivity contribution in [1.29, 1.82) is 0 Å². The second-order valence-electron chi connectivity index (χ2n) is 6.96. The van der Waals surface area contributed by atoms with E-state index in [0.29, 0.717) is 5.41 Å². The Balaban J connectivity index is 1.56. The molecule has 0 radical (unpaired) electrons. The summed E-state index contributed by atoms with van der Waals surface area (Å²) in [6.07, 6.45) is 11.0. The van der Waals surface area contributed by atoms with E-state index in [0.717, 1.165) is 35.3 Å². The van der Waals surface area contributed by atoms with E-state index in [1.165, 1.54) is 38.5 Å². The molecule has 4 saturated carbocycles. The first-order valence-corrected chi connectivity index (χ1v) is 8.32. The van der Waals surface area contributed by atoms with Crippen molar-refractivity contribution in [3.05, 3.63) is 11.9 Å². The normalized spacial score (nSPS) is 41.5. The lowest BCUT2D eigenvalue weighted by Crippen LogP contribution is -2.48. The molecule has 4 fully saturated rings. The highest BCUT2D eigenvalue weighted by atomic mass is 79.9. The zero-order valence-corrected chi connectivity index (χ0v) is 12.3. The maximum absolute atomic E-state index is 4.30. The highest BCUT2D eigenvalue weighted by molar-refractivity contribution is 9.08. The summed E-state index contributed by atoms with van der Waals surface area (Å²) in [6.45, 7) is 1.11. The summed E-state index contributed by atoms with van der Waals surface area (Å²) in [7, 11) is 0. The number of hydrogen-bond acceptors (Lipinski definition) is 2. The minimum absolute atomic E-state index is 0.562. The van der Waals surface area contributed by atoms with Crippen LogP contribution < -0.4 is 0 Å². The minimum atomic E-state index is 0.562. The molecule has 4 aliphatic rings. The van der Waals surface area contributed by atoms with E-state index in [1.807, 2.05) is 0 Å². The molecule has 3 nitrogen and oxygen atoms in total. The summed E-state index contributed by atoms with van der Waals surface area (Å²) in [5, 5.41) is 9.31. The van der Waals surface area contributed by atoms with Crippen LogP contribution in [0.15, 0.2) is 6.20 Å². The van der Waals surface area contributed by atoms with Gasteiger partial charge in [0.05, 0.1) is 5.69 Å². The van der Waals surface area contributed by atoms with Crippen molar-refractivity contribution in [1.82, 2.24) is 15.0 Å². The fourth-order valence-corrected chi connectivity index (χ4v) is 5.56. The Morgan fingerprint density at radius 3 is 2.28 bits per heavy atom. The van der Waals surface area contributed by atoms with Gasteiger partial charge in [0.2, 0.25) is 0 Å². The molecule has 4 bridgehead atoms. The summed E-state index contributed by atoms with van der Waals surface area (Å²) < 4.78 is 2.10. The van der Waals surface area contributed by atoms with Gasteiger partial charge in [0.25, 0.3) is 0 Å². The molecule has 4 aliphatic carbocycles. The van der Waals surface area contributed by atoms with Crippen LogP contribution >= 0.6 is 15.9 Å². The van der Waals surface area contributed by atoms with Gasteiger partial charge < -0.3 is 0 Å². The molecule has 0 saturated heterocycles. The predicted octanol–water partition coefficient (Wildman–Crippen LogP) is 3.39. The lowest BCUT2D eigenvalue weighted by atomic mass is 9.49. The van der Waals surface area contributed by atoms with E-state index in [4.69, 9.17) is 0 Å². The first kappa shape index (κ1) is 11.4. The van der Waals surface area contributed by atoms with Crippen molar-refractivity contribution >= 4 is 15.9 Å². The Bertz CT molecular complexity index is 418. The van der Waals surface area contributed by atoms with Crippen LogP contribution in [-0.4, -0.2) is 15.0 Å². The number of halogens is 1. The smallest absolute Gasteiger partial charge is 0.0932 e. The number of alkyl halides is 1. The molecule has 98 valence electrons. The summed E-state index contributed by atoms with van der Waals surface area (Å²) in [4.78, 5) is 0. The van der Waals surface area contributed by atoms with Crippen molar-refractivity contribution in [2.24, 2.45) is 23.2 Å². The van der Waals surface area contributed by atoms with E-state index in [1.54, 1.807) is 0 Å². The van der Waals surface area contributed by atoms with Crippen LogP contribution in [0.4, 0.5) is 0 Å². The second kappa shape index (κ2) is 4.06. The van der Waals surface area contributed by atoms with Crippen molar-refractivity contribution in [2.75, 3.05) is 0 Å². The van der Waals surface area contributed by atoms with Crippen molar-refractivity contribution < 1.29 is 0 Å². The van der Waals surface area contributed by atoms with Gasteiger partial charge in [-0.25, -0.2) is 0 Å². The highest BCUT2D eigenvalue weighted by Crippen LogP contribution is 2.60. The van der Waals surface area contributed by atoms with Crippen LogP contribution in [0.5, 0.6) is 0 Å². The molecule has 0 atom stereocenters. The maximum Gasteiger partial charge on any atom is 0.0932 e. The SMILES string of the molecule is BrCc1cn(CC23CC4CC(CC(C4)C2)C3)nn1. The first-order valence-electron chi connectivity index (χ1n) is 7.20. The Morgan fingerprint density at radius 1 is 1.17 bits per heavy atom. The molecule has 0 amide bonds. The highest BCUT2D eigenvalue weighted by Gasteiger charge is 2.50. The van der Waals surface area contributed by atoms with E-state index in [-0.39, 0.29) is 0 Å². The third-order valence-corrected chi connectivity index (χ3v) is 5.96. The van der Waals surface area contributed by atoms with E-state index < -0.39 is 0 Å². The third-order valence-electron chi connectivity index (χ3n) is 5.39. The summed E-state index contributed by atoms with van der Waals surface area (Å²) in [5.41, 5.74) is 1.62. The lowest BCUT2D eigenvalue weighted by Gasteiger charge is -2.56. The molecule has 0 aliphatic heterocycles. The van der Waals surface area contributed by atoms with Crippen molar-refractivity contribution in [2.45, 2.75) is 50.4 Å². The predicted molar refractivity (Wildman–Crippen MR) is 73.3 cm³/mol. The van der Waals surface area contributed by atoms with Gasteiger partial charge in [0.15, 0.2) is 0 Å². The average molecular weight is 310 g/mol. The Morgan fingerprint density at radius 2 is 1.78 bits per heavy atom.